The van der Waals surface area contributed by atoms with Crippen LogP contribution in [0.5, 0.6) is 0 Å². The number of hydrogen-bond acceptors (Lipinski definition) is 5. The summed E-state index contributed by atoms with van der Waals surface area (Å²) in [6, 6.07) is 13.7. The molecule has 0 unspecified atom stereocenters. The normalized spacial score (nSPS) is 11.1. The first-order valence-corrected chi connectivity index (χ1v) is 10.0. The Kier molecular flexibility index (Phi) is 5.16. The maximum atomic E-state index is 12.8. The third-order valence-electron chi connectivity index (χ3n) is 4.57. The number of para-hydroxylation sites is 2. The smallest absolute Gasteiger partial charge is 0.265 e. The molecule has 0 aliphatic rings. The van der Waals surface area contributed by atoms with Crippen molar-refractivity contribution in [2.45, 2.75) is 19.8 Å². The predicted octanol–water partition coefficient (Wildman–Crippen LogP) is 4.09. The number of amides is 1. The number of aromatic nitrogens is 4. The number of carbonyl (C=O) groups excluding carboxylic acids is 1. The molecule has 1 aromatic carbocycles. The van der Waals surface area contributed by atoms with Gasteiger partial charge < -0.3 is 9.88 Å². The lowest BCUT2D eigenvalue weighted by molar-refractivity contribution is 0.0797. The monoisotopic (exact) mass is 391 g/mol. The first-order chi connectivity index (χ1) is 13.6. The predicted molar refractivity (Wildman–Crippen MR) is 111 cm³/mol. The lowest BCUT2D eigenvalue weighted by Gasteiger charge is -2.16. The molecule has 1 amide bonds. The second kappa shape index (κ2) is 7.90. The highest BCUT2D eigenvalue weighted by atomic mass is 32.1. The molecule has 4 aromatic rings. The van der Waals surface area contributed by atoms with E-state index in [1.54, 1.807) is 11.1 Å². The van der Waals surface area contributed by atoms with Crippen molar-refractivity contribution in [1.29, 1.82) is 0 Å². The second-order valence-corrected chi connectivity index (χ2v) is 7.68. The molecule has 0 aliphatic carbocycles. The third-order valence-corrected chi connectivity index (χ3v) is 5.73. The van der Waals surface area contributed by atoms with E-state index in [9.17, 15) is 4.79 Å². The molecule has 0 bridgehead atoms. The van der Waals surface area contributed by atoms with Crippen LogP contribution >= 0.6 is 11.3 Å². The van der Waals surface area contributed by atoms with Crippen molar-refractivity contribution in [2.75, 3.05) is 13.6 Å². The van der Waals surface area contributed by atoms with Gasteiger partial charge in [-0.05, 0) is 37.6 Å². The van der Waals surface area contributed by atoms with Crippen molar-refractivity contribution in [3.8, 4) is 10.7 Å². The van der Waals surface area contributed by atoms with E-state index >= 15 is 0 Å². The van der Waals surface area contributed by atoms with Gasteiger partial charge in [0, 0.05) is 26.2 Å². The van der Waals surface area contributed by atoms with E-state index in [-0.39, 0.29) is 5.91 Å². The molecule has 0 saturated carbocycles. The number of aromatic amines is 1. The van der Waals surface area contributed by atoms with Crippen LogP contribution in [0.2, 0.25) is 0 Å². The molecule has 0 spiro atoms. The number of imidazole rings is 1. The van der Waals surface area contributed by atoms with Crippen LogP contribution in [-0.2, 0) is 6.42 Å². The highest BCUT2D eigenvalue weighted by Crippen LogP contribution is 2.27. The number of benzene rings is 1. The fourth-order valence-electron chi connectivity index (χ4n) is 3.08. The Morgan fingerprint density at radius 3 is 2.75 bits per heavy atom. The fraction of sp³-hybridized carbons (Fsp3) is 0.238. The Labute approximate surface area is 167 Å². The quantitative estimate of drug-likeness (QED) is 0.537. The molecule has 142 valence electrons. The molecule has 0 aliphatic heterocycles. The molecule has 0 atom stereocenters. The standard InChI is InChI=1S/C21H21N5OS/c1-14-19(28-20(23-14)17-10-5-6-12-22-17)21(27)26(2)13-7-11-18-24-15-8-3-4-9-16(15)25-18/h3-6,8-10,12H,7,11,13H2,1-2H3,(H,24,25). The van der Waals surface area contributed by atoms with Crippen LogP contribution in [0, 0.1) is 6.92 Å². The van der Waals surface area contributed by atoms with E-state index in [1.807, 2.05) is 56.4 Å². The number of hydrogen-bond donors (Lipinski definition) is 1. The maximum Gasteiger partial charge on any atom is 0.265 e. The van der Waals surface area contributed by atoms with Gasteiger partial charge in [-0.1, -0.05) is 18.2 Å². The average Bonchev–Trinajstić information content (AvgIpc) is 3.31. The Hall–Kier alpha value is -3.06. The summed E-state index contributed by atoms with van der Waals surface area (Å²) in [4.78, 5) is 32.0. The number of fused-ring (bicyclic) bond motifs is 1. The number of carbonyl (C=O) groups is 1. The molecule has 6 nitrogen and oxygen atoms in total. The molecule has 4 rings (SSSR count). The van der Waals surface area contributed by atoms with Crippen LogP contribution in [0.1, 0.15) is 27.6 Å². The van der Waals surface area contributed by atoms with E-state index < -0.39 is 0 Å². The van der Waals surface area contributed by atoms with Gasteiger partial charge in [0.15, 0.2) is 0 Å². The second-order valence-electron chi connectivity index (χ2n) is 6.68. The summed E-state index contributed by atoms with van der Waals surface area (Å²) < 4.78 is 0. The SMILES string of the molecule is Cc1nc(-c2ccccn2)sc1C(=O)N(C)CCCc1nc2ccccc2[nH]1. The van der Waals surface area contributed by atoms with Gasteiger partial charge >= 0.3 is 0 Å². The average molecular weight is 392 g/mol. The molecule has 0 fully saturated rings. The van der Waals surface area contributed by atoms with Gasteiger partial charge in [-0.3, -0.25) is 9.78 Å². The number of aryl methyl sites for hydroxylation is 2. The van der Waals surface area contributed by atoms with Crippen molar-refractivity contribution < 1.29 is 4.79 Å². The van der Waals surface area contributed by atoms with E-state index in [0.29, 0.717) is 11.4 Å². The molecule has 0 saturated heterocycles. The minimum atomic E-state index is 0.00165. The number of nitrogens with zero attached hydrogens (tertiary/aromatic N) is 4. The van der Waals surface area contributed by atoms with Crippen molar-refractivity contribution in [2.24, 2.45) is 0 Å². The molecular formula is C21H21N5OS. The summed E-state index contributed by atoms with van der Waals surface area (Å²) >= 11 is 1.40. The van der Waals surface area contributed by atoms with Crippen LogP contribution in [-0.4, -0.2) is 44.3 Å². The summed E-state index contributed by atoms with van der Waals surface area (Å²) in [5.41, 5.74) is 3.57. The zero-order chi connectivity index (χ0) is 19.5. The summed E-state index contributed by atoms with van der Waals surface area (Å²) in [6.45, 7) is 2.53. The highest BCUT2D eigenvalue weighted by molar-refractivity contribution is 7.17. The first-order valence-electron chi connectivity index (χ1n) is 9.20. The Balaban J connectivity index is 1.39. The number of nitrogens with one attached hydrogen (secondary N) is 1. The summed E-state index contributed by atoms with van der Waals surface area (Å²) in [7, 11) is 1.83. The van der Waals surface area contributed by atoms with Gasteiger partial charge in [0.05, 0.1) is 22.4 Å². The number of thiazole rings is 1. The Morgan fingerprint density at radius 2 is 1.96 bits per heavy atom. The topological polar surface area (TPSA) is 74.8 Å². The zero-order valence-corrected chi connectivity index (χ0v) is 16.7. The van der Waals surface area contributed by atoms with Gasteiger partial charge in [0.1, 0.15) is 15.7 Å². The number of pyridine rings is 1. The maximum absolute atomic E-state index is 12.8. The van der Waals surface area contributed by atoms with Gasteiger partial charge in [-0.15, -0.1) is 11.3 Å². The van der Waals surface area contributed by atoms with Crippen LogP contribution < -0.4 is 0 Å². The zero-order valence-electron chi connectivity index (χ0n) is 15.8. The lowest BCUT2D eigenvalue weighted by atomic mass is 10.2. The van der Waals surface area contributed by atoms with Crippen molar-refractivity contribution in [1.82, 2.24) is 24.8 Å². The van der Waals surface area contributed by atoms with E-state index in [4.69, 9.17) is 0 Å². The molecule has 3 aromatic heterocycles. The highest BCUT2D eigenvalue weighted by Gasteiger charge is 2.20. The third kappa shape index (κ3) is 3.80. The number of H-pyrrole nitrogens is 1. The van der Waals surface area contributed by atoms with Crippen molar-refractivity contribution in [3.63, 3.8) is 0 Å². The molecule has 28 heavy (non-hydrogen) atoms. The summed E-state index contributed by atoms with van der Waals surface area (Å²) in [5, 5.41) is 0.775. The van der Waals surface area contributed by atoms with Gasteiger partial charge in [0.25, 0.3) is 5.91 Å². The minimum absolute atomic E-state index is 0.00165. The Bertz CT molecular complexity index is 1070. The molecule has 1 N–H and O–H groups in total. The van der Waals surface area contributed by atoms with Gasteiger partial charge in [-0.25, -0.2) is 9.97 Å². The summed E-state index contributed by atoms with van der Waals surface area (Å²) in [6.07, 6.45) is 3.37. The van der Waals surface area contributed by atoms with E-state index in [2.05, 4.69) is 19.9 Å². The lowest BCUT2D eigenvalue weighted by Crippen LogP contribution is -2.28. The van der Waals surface area contributed by atoms with Crippen molar-refractivity contribution >= 4 is 28.3 Å². The molecule has 7 heteroatoms. The molecular weight excluding hydrogens is 370 g/mol. The fourth-order valence-corrected chi connectivity index (χ4v) is 4.11. The largest absolute Gasteiger partial charge is 0.342 e. The van der Waals surface area contributed by atoms with Crippen LogP contribution in [0.4, 0.5) is 0 Å². The van der Waals surface area contributed by atoms with Crippen molar-refractivity contribution in [3.05, 3.63) is 65.1 Å². The van der Waals surface area contributed by atoms with Gasteiger partial charge in [-0.2, -0.15) is 0 Å². The Morgan fingerprint density at radius 1 is 1.14 bits per heavy atom. The molecule has 3 heterocycles. The first kappa shape index (κ1) is 18.3. The number of rotatable bonds is 6. The van der Waals surface area contributed by atoms with E-state index in [0.717, 1.165) is 46.1 Å². The molecule has 0 radical (unpaired) electrons. The van der Waals surface area contributed by atoms with Crippen LogP contribution in [0.15, 0.2) is 48.7 Å². The van der Waals surface area contributed by atoms with Crippen LogP contribution in [0.3, 0.4) is 0 Å². The van der Waals surface area contributed by atoms with E-state index in [1.165, 1.54) is 11.3 Å². The van der Waals surface area contributed by atoms with Gasteiger partial charge in [0.2, 0.25) is 0 Å². The minimum Gasteiger partial charge on any atom is -0.342 e. The van der Waals surface area contributed by atoms with Crippen LogP contribution in [0.25, 0.3) is 21.7 Å². The summed E-state index contributed by atoms with van der Waals surface area (Å²) in [5.74, 6) is 0.954.